The van der Waals surface area contributed by atoms with Crippen molar-refractivity contribution in [2.24, 2.45) is 11.8 Å². The third-order valence-electron chi connectivity index (χ3n) is 19.8. The van der Waals surface area contributed by atoms with E-state index in [9.17, 15) is 43.2 Å². The Morgan fingerprint density at radius 3 is 0.745 bits per heavy atom. The van der Waals surface area contributed by atoms with E-state index in [1.165, 1.54) is 250 Å². The van der Waals surface area contributed by atoms with Gasteiger partial charge >= 0.3 is 39.5 Å². The Kier molecular flexibility index (Phi) is 73.1. The number of rotatable bonds is 82. The number of unbranched alkanes of at least 4 members (excludes halogenated alkanes) is 51. The number of phosphoric ester groups is 2. The molecule has 102 heavy (non-hydrogen) atoms. The summed E-state index contributed by atoms with van der Waals surface area (Å²) in [5.74, 6) is -0.552. The SMILES string of the molecule is CCCCCCCCCCCCCCCCCCCCCCCC(=O)O[C@H](COC(=O)CCCCCCCCCCCCCCCCC(C)CC)COP(=O)(O)OC[C@@H](O)COP(=O)(O)OC[C@@H](COC(=O)CCCCCCCCCC(C)C)OC(=O)CCCCCCCCCCCCCCC. The number of hydrogen-bond acceptors (Lipinski definition) is 15. The Morgan fingerprint density at radius 2 is 0.500 bits per heavy atom. The molecular weight excluding hydrogens is 1330 g/mol. The average molecular weight is 1490 g/mol. The van der Waals surface area contributed by atoms with Crippen LogP contribution in [0.15, 0.2) is 0 Å². The van der Waals surface area contributed by atoms with Gasteiger partial charge in [-0.15, -0.1) is 0 Å². The fourth-order valence-corrected chi connectivity index (χ4v) is 14.4. The molecule has 0 fully saturated rings. The number of phosphoric acid groups is 2. The lowest BCUT2D eigenvalue weighted by molar-refractivity contribution is -0.161. The third-order valence-corrected chi connectivity index (χ3v) is 21.7. The second kappa shape index (κ2) is 74.5. The molecule has 6 atom stereocenters. The van der Waals surface area contributed by atoms with Gasteiger partial charge in [0.2, 0.25) is 0 Å². The maximum Gasteiger partial charge on any atom is 0.472 e. The van der Waals surface area contributed by atoms with E-state index in [-0.39, 0.29) is 25.7 Å². The summed E-state index contributed by atoms with van der Waals surface area (Å²) in [4.78, 5) is 73.1. The van der Waals surface area contributed by atoms with Gasteiger partial charge in [0.05, 0.1) is 26.4 Å². The molecule has 0 bridgehead atoms. The molecule has 19 heteroatoms. The van der Waals surface area contributed by atoms with Gasteiger partial charge in [0.15, 0.2) is 12.2 Å². The minimum Gasteiger partial charge on any atom is -0.462 e. The van der Waals surface area contributed by atoms with Crippen LogP contribution in [0.4, 0.5) is 0 Å². The average Bonchev–Trinajstić information content (AvgIpc) is 0.915. The van der Waals surface area contributed by atoms with Gasteiger partial charge in [-0.05, 0) is 37.5 Å². The molecule has 0 heterocycles. The van der Waals surface area contributed by atoms with E-state index in [1.807, 2.05) is 0 Å². The number of ether oxygens (including phenoxy) is 4. The summed E-state index contributed by atoms with van der Waals surface area (Å²) in [5.41, 5.74) is 0. The molecule has 17 nitrogen and oxygen atoms in total. The zero-order chi connectivity index (χ0) is 74.9. The molecule has 0 aliphatic heterocycles. The number of esters is 4. The molecule has 0 saturated carbocycles. The van der Waals surface area contributed by atoms with Gasteiger partial charge in [-0.25, -0.2) is 9.13 Å². The second-order valence-electron chi connectivity index (χ2n) is 30.6. The summed E-state index contributed by atoms with van der Waals surface area (Å²) in [7, 11) is -9.92. The van der Waals surface area contributed by atoms with Crippen LogP contribution in [0.3, 0.4) is 0 Å². The van der Waals surface area contributed by atoms with Gasteiger partial charge < -0.3 is 33.8 Å². The molecule has 0 rings (SSSR count). The molecule has 0 aliphatic carbocycles. The van der Waals surface area contributed by atoms with E-state index < -0.39 is 97.5 Å². The van der Waals surface area contributed by atoms with E-state index in [1.54, 1.807) is 0 Å². The molecule has 3 unspecified atom stereocenters. The third kappa shape index (κ3) is 74.9. The van der Waals surface area contributed by atoms with Crippen LogP contribution in [0, 0.1) is 11.8 Å². The highest BCUT2D eigenvalue weighted by molar-refractivity contribution is 7.47. The molecule has 0 aromatic heterocycles. The highest BCUT2D eigenvalue weighted by Crippen LogP contribution is 2.45. The Hall–Kier alpha value is -1.94. The van der Waals surface area contributed by atoms with Crippen molar-refractivity contribution in [3.8, 4) is 0 Å². The molecule has 0 saturated heterocycles. The number of carbonyl (C=O) groups excluding carboxylic acids is 4. The fourth-order valence-electron chi connectivity index (χ4n) is 12.9. The van der Waals surface area contributed by atoms with Crippen molar-refractivity contribution in [1.82, 2.24) is 0 Å². The minimum absolute atomic E-state index is 0.107. The standard InChI is InChI=1S/C83H162O17P2/c1-7-10-12-14-16-18-20-22-23-24-25-26-27-28-29-35-39-43-49-56-62-68-83(88)99-78(71-93-80(85)65-59-53-47-41-37-34-31-30-33-36-40-46-52-58-64-76(6)9-3)73-97-101(89,90)95-69-77(84)70-96-102(91,92)98-74-79(72-94-81(86)66-60-54-50-44-45-51-57-63-75(4)5)100-82(87)67-61-55-48-42-38-32-21-19-17-15-13-11-8-2/h75-79,84H,7-74H2,1-6H3,(H,89,90)(H,91,92)/t76?,77-,78-,79-/m1/s1. The first-order chi connectivity index (χ1) is 49.4. The Balaban J connectivity index is 5.22. The second-order valence-corrected chi connectivity index (χ2v) is 33.5. The van der Waals surface area contributed by atoms with Gasteiger partial charge in [0.25, 0.3) is 0 Å². The van der Waals surface area contributed by atoms with Crippen molar-refractivity contribution < 1.29 is 80.2 Å². The normalized spacial score (nSPS) is 14.1. The largest absolute Gasteiger partial charge is 0.472 e. The summed E-state index contributed by atoms with van der Waals surface area (Å²) >= 11 is 0. The first kappa shape index (κ1) is 100. The van der Waals surface area contributed by atoms with Crippen LogP contribution in [-0.2, 0) is 65.4 Å². The van der Waals surface area contributed by atoms with Crippen LogP contribution in [0.25, 0.3) is 0 Å². The number of hydrogen-bond donors (Lipinski definition) is 3. The molecule has 3 N–H and O–H groups in total. The molecule has 0 radical (unpaired) electrons. The maximum absolute atomic E-state index is 13.1. The lowest BCUT2D eigenvalue weighted by Gasteiger charge is -2.21. The molecule has 0 aromatic carbocycles. The van der Waals surface area contributed by atoms with Crippen molar-refractivity contribution in [2.75, 3.05) is 39.6 Å². The molecule has 606 valence electrons. The maximum atomic E-state index is 13.1. The van der Waals surface area contributed by atoms with E-state index in [0.29, 0.717) is 31.6 Å². The Labute approximate surface area is 626 Å². The van der Waals surface area contributed by atoms with Crippen molar-refractivity contribution in [3.63, 3.8) is 0 Å². The van der Waals surface area contributed by atoms with E-state index in [2.05, 4.69) is 41.5 Å². The van der Waals surface area contributed by atoms with Crippen LogP contribution >= 0.6 is 15.6 Å². The van der Waals surface area contributed by atoms with E-state index >= 15 is 0 Å². The highest BCUT2D eigenvalue weighted by atomic mass is 31.2. The van der Waals surface area contributed by atoms with Crippen LogP contribution < -0.4 is 0 Å². The fraction of sp³-hybridized carbons (Fsp3) is 0.952. The summed E-state index contributed by atoms with van der Waals surface area (Å²) < 4.78 is 68.8. The predicted molar refractivity (Wildman–Crippen MR) is 418 cm³/mol. The summed E-state index contributed by atoms with van der Waals surface area (Å²) in [6.45, 7) is 9.65. The monoisotopic (exact) mass is 1490 g/mol. The van der Waals surface area contributed by atoms with Crippen molar-refractivity contribution >= 4 is 39.5 Å². The lowest BCUT2D eigenvalue weighted by atomic mass is 9.99. The molecular formula is C83H162O17P2. The highest BCUT2D eigenvalue weighted by Gasteiger charge is 2.30. The van der Waals surface area contributed by atoms with Gasteiger partial charge in [0.1, 0.15) is 19.3 Å². The zero-order valence-electron chi connectivity index (χ0n) is 66.9. The molecule has 0 spiro atoms. The van der Waals surface area contributed by atoms with Crippen LogP contribution in [-0.4, -0.2) is 96.7 Å². The van der Waals surface area contributed by atoms with Crippen LogP contribution in [0.2, 0.25) is 0 Å². The van der Waals surface area contributed by atoms with E-state index in [0.717, 1.165) is 102 Å². The van der Waals surface area contributed by atoms with Gasteiger partial charge in [-0.3, -0.25) is 37.3 Å². The topological polar surface area (TPSA) is 237 Å². The number of carbonyl (C=O) groups is 4. The number of aliphatic hydroxyl groups excluding tert-OH is 1. The van der Waals surface area contributed by atoms with Crippen LogP contribution in [0.1, 0.15) is 440 Å². The number of aliphatic hydroxyl groups is 1. The first-order valence-electron chi connectivity index (χ1n) is 43.0. The van der Waals surface area contributed by atoms with Gasteiger partial charge in [0, 0.05) is 25.7 Å². The van der Waals surface area contributed by atoms with Gasteiger partial charge in [-0.1, -0.05) is 388 Å². The molecule has 0 aromatic rings. The van der Waals surface area contributed by atoms with Crippen LogP contribution in [0.5, 0.6) is 0 Å². The minimum atomic E-state index is -4.96. The van der Waals surface area contributed by atoms with Crippen molar-refractivity contribution in [2.45, 2.75) is 458 Å². The molecule has 0 aliphatic rings. The summed E-state index contributed by atoms with van der Waals surface area (Å²) in [5, 5.41) is 10.6. The Morgan fingerprint density at radius 1 is 0.284 bits per heavy atom. The van der Waals surface area contributed by atoms with Gasteiger partial charge in [-0.2, -0.15) is 0 Å². The zero-order valence-corrected chi connectivity index (χ0v) is 68.7. The quantitative estimate of drug-likeness (QED) is 0.0222. The van der Waals surface area contributed by atoms with Crippen molar-refractivity contribution in [1.29, 1.82) is 0 Å². The van der Waals surface area contributed by atoms with E-state index in [4.69, 9.17) is 37.0 Å². The Bertz CT molecular complexity index is 1960. The van der Waals surface area contributed by atoms with Crippen molar-refractivity contribution in [3.05, 3.63) is 0 Å². The predicted octanol–water partition coefficient (Wildman–Crippen LogP) is 25.1. The summed E-state index contributed by atoms with van der Waals surface area (Å²) in [6.07, 6.45) is 65.3. The first-order valence-corrected chi connectivity index (χ1v) is 46.0. The summed E-state index contributed by atoms with van der Waals surface area (Å²) in [6, 6.07) is 0. The lowest BCUT2D eigenvalue weighted by Crippen LogP contribution is -2.30. The molecule has 0 amide bonds. The smallest absolute Gasteiger partial charge is 0.462 e.